The predicted octanol–water partition coefficient (Wildman–Crippen LogP) is 3.16. The summed E-state index contributed by atoms with van der Waals surface area (Å²) in [6.07, 6.45) is 1.70. The number of carbonyl (C=O) groups is 1. The minimum Gasteiger partial charge on any atom is -0.478 e. The van der Waals surface area contributed by atoms with Crippen LogP contribution in [0.2, 0.25) is 0 Å². The largest absolute Gasteiger partial charge is 0.478 e. The highest BCUT2D eigenvalue weighted by Crippen LogP contribution is 2.36. The fourth-order valence-electron chi connectivity index (χ4n) is 4.12. The molecule has 5 heteroatoms. The van der Waals surface area contributed by atoms with Crippen LogP contribution in [0.1, 0.15) is 17.0 Å². The van der Waals surface area contributed by atoms with E-state index in [4.69, 9.17) is 9.47 Å². The number of carbonyl (C=O) groups excluding carboxylic acids is 1. The van der Waals surface area contributed by atoms with Crippen molar-refractivity contribution < 1.29 is 14.3 Å². The normalized spacial score (nSPS) is 22.2. The molecule has 0 N–H and O–H groups in total. The Bertz CT molecular complexity index is 822. The molecule has 1 saturated heterocycles. The van der Waals surface area contributed by atoms with E-state index in [0.29, 0.717) is 6.61 Å². The Morgan fingerprint density at radius 2 is 1.79 bits per heavy atom. The zero-order valence-corrected chi connectivity index (χ0v) is 16.2. The van der Waals surface area contributed by atoms with E-state index >= 15 is 0 Å². The summed E-state index contributed by atoms with van der Waals surface area (Å²) in [5.74, 6) is 0.192. The minimum atomic E-state index is -0.104. The molecule has 146 valence electrons. The van der Waals surface area contributed by atoms with Gasteiger partial charge in [0.2, 0.25) is 5.91 Å². The Morgan fingerprint density at radius 1 is 1.07 bits per heavy atom. The zero-order valence-electron chi connectivity index (χ0n) is 16.2. The van der Waals surface area contributed by atoms with Crippen LogP contribution >= 0.6 is 0 Å². The molecule has 2 aliphatic heterocycles. The van der Waals surface area contributed by atoms with E-state index in [9.17, 15) is 4.79 Å². The first-order chi connectivity index (χ1) is 13.8. The van der Waals surface area contributed by atoms with Gasteiger partial charge in [0, 0.05) is 38.2 Å². The van der Waals surface area contributed by atoms with Crippen molar-refractivity contribution >= 4 is 11.6 Å². The van der Waals surface area contributed by atoms with E-state index in [1.165, 1.54) is 5.56 Å². The van der Waals surface area contributed by atoms with Gasteiger partial charge < -0.3 is 9.47 Å². The number of nitrogens with zero attached hydrogens (tertiary/aromatic N) is 2. The summed E-state index contributed by atoms with van der Waals surface area (Å²) in [6, 6.07) is 20.3. The fourth-order valence-corrected chi connectivity index (χ4v) is 4.12. The molecule has 4 rings (SSSR count). The van der Waals surface area contributed by atoms with E-state index in [1.54, 1.807) is 18.3 Å². The second-order valence-electron chi connectivity index (χ2n) is 7.31. The van der Waals surface area contributed by atoms with E-state index < -0.39 is 0 Å². The summed E-state index contributed by atoms with van der Waals surface area (Å²) in [5, 5.41) is 0. The maximum absolute atomic E-state index is 13.6. The molecule has 5 nitrogen and oxygen atoms in total. The van der Waals surface area contributed by atoms with Gasteiger partial charge in [-0.25, -0.2) is 0 Å². The van der Waals surface area contributed by atoms with Crippen LogP contribution in [-0.2, 0) is 14.3 Å². The summed E-state index contributed by atoms with van der Waals surface area (Å²) >= 11 is 0. The van der Waals surface area contributed by atoms with Crippen molar-refractivity contribution in [2.24, 2.45) is 5.92 Å². The van der Waals surface area contributed by atoms with Crippen molar-refractivity contribution in [2.75, 3.05) is 40.1 Å². The lowest BCUT2D eigenvalue weighted by Gasteiger charge is -2.25. The fraction of sp³-hybridized carbons (Fsp3) is 0.348. The average molecular weight is 378 g/mol. The molecule has 1 fully saturated rings. The van der Waals surface area contributed by atoms with Crippen LogP contribution in [0.5, 0.6) is 0 Å². The molecule has 0 spiro atoms. The monoisotopic (exact) mass is 378 g/mol. The summed E-state index contributed by atoms with van der Waals surface area (Å²) in [5.41, 5.74) is 3.05. The van der Waals surface area contributed by atoms with Gasteiger partial charge in [-0.15, -0.1) is 0 Å². The molecule has 2 aromatic carbocycles. The van der Waals surface area contributed by atoms with Gasteiger partial charge in [-0.3, -0.25) is 14.6 Å². The van der Waals surface area contributed by atoms with Crippen LogP contribution in [0.25, 0.3) is 5.70 Å². The Kier molecular flexibility index (Phi) is 5.74. The molecular weight excluding hydrogens is 352 g/mol. The summed E-state index contributed by atoms with van der Waals surface area (Å²) < 4.78 is 10.8. The van der Waals surface area contributed by atoms with Crippen molar-refractivity contribution in [3.05, 3.63) is 78.1 Å². The number of hydrogen-bond acceptors (Lipinski definition) is 4. The summed E-state index contributed by atoms with van der Waals surface area (Å²) in [4.78, 5) is 17.7. The van der Waals surface area contributed by atoms with Crippen LogP contribution in [0, 0.1) is 5.92 Å². The van der Waals surface area contributed by atoms with E-state index in [0.717, 1.165) is 30.9 Å². The lowest BCUT2D eigenvalue weighted by atomic mass is 9.88. The zero-order chi connectivity index (χ0) is 19.3. The van der Waals surface area contributed by atoms with Gasteiger partial charge in [-0.2, -0.15) is 0 Å². The Morgan fingerprint density at radius 3 is 2.50 bits per heavy atom. The van der Waals surface area contributed by atoms with E-state index in [2.05, 4.69) is 17.0 Å². The Labute approximate surface area is 166 Å². The number of benzene rings is 2. The highest BCUT2D eigenvalue weighted by Gasteiger charge is 2.41. The van der Waals surface area contributed by atoms with E-state index in [-0.39, 0.29) is 24.5 Å². The molecule has 0 radical (unpaired) electrons. The smallest absolute Gasteiger partial charge is 0.234 e. The second-order valence-corrected chi connectivity index (χ2v) is 7.31. The van der Waals surface area contributed by atoms with Gasteiger partial charge in [0.1, 0.15) is 6.26 Å². The van der Waals surface area contributed by atoms with Crippen LogP contribution in [0.4, 0.5) is 0 Å². The summed E-state index contributed by atoms with van der Waals surface area (Å²) in [6.45, 7) is 3.38. The predicted molar refractivity (Wildman–Crippen MR) is 108 cm³/mol. The van der Waals surface area contributed by atoms with Crippen LogP contribution < -0.4 is 0 Å². The first-order valence-electron chi connectivity index (χ1n) is 9.72. The minimum absolute atomic E-state index is 0.104. The van der Waals surface area contributed by atoms with Crippen molar-refractivity contribution in [2.45, 2.75) is 5.92 Å². The molecule has 0 saturated carbocycles. The highest BCUT2D eigenvalue weighted by molar-refractivity contribution is 5.90. The van der Waals surface area contributed by atoms with Crippen LogP contribution in [0.15, 0.2) is 66.9 Å². The molecule has 2 aliphatic rings. The third-order valence-electron chi connectivity index (χ3n) is 5.58. The molecule has 2 atom stereocenters. The van der Waals surface area contributed by atoms with Gasteiger partial charge in [0.25, 0.3) is 0 Å². The second kappa shape index (κ2) is 8.59. The number of amides is 1. The first kappa shape index (κ1) is 18.7. The number of ether oxygens (including phenoxy) is 2. The maximum atomic E-state index is 13.6. The maximum Gasteiger partial charge on any atom is 0.234 e. The topological polar surface area (TPSA) is 42.0 Å². The van der Waals surface area contributed by atoms with Gasteiger partial charge in [-0.05, 0) is 5.56 Å². The van der Waals surface area contributed by atoms with Crippen molar-refractivity contribution in [3.63, 3.8) is 0 Å². The van der Waals surface area contributed by atoms with Crippen molar-refractivity contribution in [1.82, 2.24) is 9.80 Å². The molecule has 0 aliphatic carbocycles. The van der Waals surface area contributed by atoms with Gasteiger partial charge in [-0.1, -0.05) is 60.7 Å². The number of rotatable bonds is 6. The van der Waals surface area contributed by atoms with Crippen molar-refractivity contribution in [1.29, 1.82) is 0 Å². The van der Waals surface area contributed by atoms with Crippen molar-refractivity contribution in [3.8, 4) is 0 Å². The molecule has 28 heavy (non-hydrogen) atoms. The molecule has 2 aromatic rings. The van der Waals surface area contributed by atoms with Crippen LogP contribution in [-0.4, -0.2) is 55.8 Å². The lowest BCUT2D eigenvalue weighted by molar-refractivity contribution is -0.134. The summed E-state index contributed by atoms with van der Waals surface area (Å²) in [7, 11) is 1.71. The lowest BCUT2D eigenvalue weighted by Crippen LogP contribution is -2.37. The third kappa shape index (κ3) is 3.81. The number of methoxy groups -OCH3 is 1. The molecule has 0 bridgehead atoms. The Hall–Kier alpha value is -2.63. The first-order valence-corrected chi connectivity index (χ1v) is 9.72. The average Bonchev–Trinajstić information content (AvgIpc) is 3.40. The van der Waals surface area contributed by atoms with E-state index in [1.807, 2.05) is 48.5 Å². The molecule has 0 unspecified atom stereocenters. The molecule has 2 heterocycles. The third-order valence-corrected chi connectivity index (χ3v) is 5.58. The standard InChI is InChI=1S/C23H26N2O3/c1-27-13-12-24-14-20(18-8-4-2-5-9-18)21(15-24)23(26)25-17-28-16-22(25)19-10-6-3-7-11-19/h2-11,16,20-21H,12-15,17H2,1H3/t20-,21+/m0/s1. The van der Waals surface area contributed by atoms with Gasteiger partial charge in [0.15, 0.2) is 6.73 Å². The van der Waals surface area contributed by atoms with Gasteiger partial charge >= 0.3 is 0 Å². The Balaban J connectivity index is 1.58. The quantitative estimate of drug-likeness (QED) is 0.774. The SMILES string of the molecule is COCCN1C[C@@H](C(=O)N2COC=C2c2ccccc2)[C@H](c2ccccc2)C1. The number of hydrogen-bond donors (Lipinski definition) is 0. The molecule has 1 amide bonds. The number of likely N-dealkylation sites (tertiary alicyclic amines) is 1. The molecular formula is C23H26N2O3. The van der Waals surface area contributed by atoms with Gasteiger partial charge in [0.05, 0.1) is 18.2 Å². The molecule has 0 aromatic heterocycles. The van der Waals surface area contributed by atoms with Crippen LogP contribution in [0.3, 0.4) is 0 Å². The highest BCUT2D eigenvalue weighted by atomic mass is 16.5.